The lowest BCUT2D eigenvalue weighted by atomic mass is 9.91. The van der Waals surface area contributed by atoms with Crippen LogP contribution < -0.4 is 16.4 Å². The van der Waals surface area contributed by atoms with Crippen LogP contribution in [0.15, 0.2) is 24.8 Å². The third-order valence-electron chi connectivity index (χ3n) is 12.2. The van der Waals surface area contributed by atoms with Gasteiger partial charge in [-0.2, -0.15) is 0 Å². The van der Waals surface area contributed by atoms with E-state index in [4.69, 9.17) is 5.73 Å². The predicted molar refractivity (Wildman–Crippen MR) is 257 cm³/mol. The minimum absolute atomic E-state index is 0.0266. The van der Waals surface area contributed by atoms with Crippen molar-refractivity contribution in [1.82, 2.24) is 54.2 Å². The Kier molecular flexibility index (Phi) is 27.6. The van der Waals surface area contributed by atoms with Crippen LogP contribution in [0.4, 0.5) is 0 Å². The van der Waals surface area contributed by atoms with Gasteiger partial charge in [0.1, 0.15) is 30.5 Å². The average Bonchev–Trinajstić information content (AvgIpc) is 3.93. The normalized spacial score (nSPS) is 15.6. The lowest BCUT2D eigenvalue weighted by Crippen LogP contribution is -2.49. The molecule has 25 nitrogen and oxygen atoms in total. The molecule has 71 heavy (non-hydrogen) atoms. The fraction of sp³-hybridized carbons (Fsp3) is 0.696. The van der Waals surface area contributed by atoms with Crippen molar-refractivity contribution in [3.8, 4) is 0 Å². The van der Waals surface area contributed by atoms with Crippen molar-refractivity contribution in [1.29, 1.82) is 0 Å². The number of unbranched alkanes of at least 4 members (excludes halogenated alkanes) is 4. The number of carbonyl (C=O) groups excluding carboxylic acids is 3. The SMILES string of the molecule is CCCCCNC(=O)[C@H](CCCCN(Cc1nccn1CC(=O)O)Cc1nccn1CC(=O)O)CC(=O)[C@@H](N)CCCCNC(=O)CN1CCN(CC(=O)O)CCN(CC(=O)O)CCN(CC(=O)O)CC1. The summed E-state index contributed by atoms with van der Waals surface area (Å²) in [5.41, 5.74) is 6.38. The van der Waals surface area contributed by atoms with Crippen molar-refractivity contribution in [2.75, 3.05) is 98.2 Å². The Morgan fingerprint density at radius 1 is 0.577 bits per heavy atom. The van der Waals surface area contributed by atoms with Gasteiger partial charge in [-0.25, -0.2) is 9.97 Å². The van der Waals surface area contributed by atoms with Crippen LogP contribution in [0.1, 0.15) is 82.8 Å². The van der Waals surface area contributed by atoms with Crippen LogP contribution in [-0.4, -0.2) is 221 Å². The molecular formula is C46H76N12O13. The van der Waals surface area contributed by atoms with E-state index in [-0.39, 0.29) is 116 Å². The molecule has 9 N–H and O–H groups in total. The molecule has 2 atom stereocenters. The molecule has 0 radical (unpaired) electrons. The predicted octanol–water partition coefficient (Wildman–Crippen LogP) is -0.608. The fourth-order valence-corrected chi connectivity index (χ4v) is 8.28. The molecular weight excluding hydrogens is 929 g/mol. The number of carboxylic acid groups (broad SMARTS) is 5. The van der Waals surface area contributed by atoms with Gasteiger partial charge in [-0.05, 0) is 45.1 Å². The van der Waals surface area contributed by atoms with Gasteiger partial charge in [0, 0.05) is 103 Å². The third kappa shape index (κ3) is 25.2. The Bertz CT molecular complexity index is 1910. The average molecular weight is 1010 g/mol. The number of carbonyl (C=O) groups is 8. The van der Waals surface area contributed by atoms with Crippen molar-refractivity contribution >= 4 is 47.4 Å². The third-order valence-corrected chi connectivity index (χ3v) is 12.2. The number of nitrogens with zero attached hydrogens (tertiary/aromatic N) is 9. The summed E-state index contributed by atoms with van der Waals surface area (Å²) in [6.45, 7) is 4.62. The molecule has 3 rings (SSSR count). The molecule has 1 fully saturated rings. The molecule has 25 heteroatoms. The molecule has 1 aliphatic heterocycles. The smallest absolute Gasteiger partial charge is 0.323 e. The highest BCUT2D eigenvalue weighted by Crippen LogP contribution is 2.18. The second-order valence-electron chi connectivity index (χ2n) is 18.0. The maximum atomic E-state index is 13.5. The molecule has 2 aromatic heterocycles. The summed E-state index contributed by atoms with van der Waals surface area (Å²) in [5.74, 6) is -5.57. The quantitative estimate of drug-likeness (QED) is 0.0406. The number of imidazole rings is 2. The molecule has 0 bridgehead atoms. The first-order valence-corrected chi connectivity index (χ1v) is 24.5. The Hall–Kier alpha value is -5.86. The summed E-state index contributed by atoms with van der Waals surface area (Å²) in [7, 11) is 0. The van der Waals surface area contributed by atoms with Crippen LogP contribution in [0, 0.1) is 5.92 Å². The van der Waals surface area contributed by atoms with Crippen molar-refractivity contribution < 1.29 is 63.9 Å². The number of aliphatic carboxylic acids is 5. The van der Waals surface area contributed by atoms with Gasteiger partial charge in [-0.15, -0.1) is 0 Å². The van der Waals surface area contributed by atoms with Crippen molar-refractivity contribution in [2.24, 2.45) is 11.7 Å². The largest absolute Gasteiger partial charge is 0.480 e. The lowest BCUT2D eigenvalue weighted by Gasteiger charge is -2.32. The van der Waals surface area contributed by atoms with E-state index in [2.05, 4.69) is 27.5 Å². The Morgan fingerprint density at radius 3 is 1.45 bits per heavy atom. The molecule has 3 heterocycles. The minimum atomic E-state index is -1.05. The number of hydrogen-bond donors (Lipinski definition) is 8. The molecule has 1 aliphatic rings. The van der Waals surface area contributed by atoms with Crippen LogP contribution in [0.2, 0.25) is 0 Å². The van der Waals surface area contributed by atoms with Crippen LogP contribution in [0.3, 0.4) is 0 Å². The number of rotatable bonds is 34. The van der Waals surface area contributed by atoms with Crippen molar-refractivity contribution in [3.63, 3.8) is 0 Å². The van der Waals surface area contributed by atoms with Gasteiger partial charge in [0.25, 0.3) is 0 Å². The molecule has 1 saturated heterocycles. The summed E-state index contributed by atoms with van der Waals surface area (Å²) in [6.07, 6.45) is 11.8. The number of hydrogen-bond acceptors (Lipinski definition) is 16. The highest BCUT2D eigenvalue weighted by Gasteiger charge is 2.26. The van der Waals surface area contributed by atoms with Gasteiger partial charge in [0.15, 0.2) is 0 Å². The zero-order chi connectivity index (χ0) is 52.1. The van der Waals surface area contributed by atoms with E-state index in [0.717, 1.165) is 19.3 Å². The molecule has 0 aromatic carbocycles. The molecule has 398 valence electrons. The zero-order valence-corrected chi connectivity index (χ0v) is 41.1. The summed E-state index contributed by atoms with van der Waals surface area (Å²) in [6, 6.07) is -0.832. The van der Waals surface area contributed by atoms with Crippen molar-refractivity contribution in [3.05, 3.63) is 36.4 Å². The first-order valence-electron chi connectivity index (χ1n) is 24.5. The topological polar surface area (TPSA) is 340 Å². The monoisotopic (exact) mass is 1000 g/mol. The van der Waals surface area contributed by atoms with Gasteiger partial charge in [0.2, 0.25) is 11.8 Å². The van der Waals surface area contributed by atoms with Crippen LogP contribution in [0.25, 0.3) is 0 Å². The maximum Gasteiger partial charge on any atom is 0.323 e. The zero-order valence-electron chi connectivity index (χ0n) is 41.1. The second-order valence-corrected chi connectivity index (χ2v) is 18.0. The molecule has 0 aliphatic carbocycles. The van der Waals surface area contributed by atoms with Crippen molar-refractivity contribution in [2.45, 2.75) is 103 Å². The number of nitrogens with one attached hydrogen (secondary N) is 2. The molecule has 0 spiro atoms. The van der Waals surface area contributed by atoms with E-state index < -0.39 is 41.8 Å². The Morgan fingerprint density at radius 2 is 1.00 bits per heavy atom. The van der Waals surface area contributed by atoms with Crippen LogP contribution >= 0.6 is 0 Å². The van der Waals surface area contributed by atoms with Gasteiger partial charge in [-0.1, -0.05) is 26.2 Å². The highest BCUT2D eigenvalue weighted by atomic mass is 16.4. The van der Waals surface area contributed by atoms with E-state index >= 15 is 0 Å². The first kappa shape index (κ1) is 59.4. The van der Waals surface area contributed by atoms with Gasteiger partial charge >= 0.3 is 29.8 Å². The number of nitrogens with two attached hydrogens (primary N) is 1. The fourth-order valence-electron chi connectivity index (χ4n) is 8.28. The van der Waals surface area contributed by atoms with Gasteiger partial charge < -0.3 is 51.0 Å². The number of amides is 2. The first-order chi connectivity index (χ1) is 33.9. The Labute approximate surface area is 414 Å². The molecule has 0 unspecified atom stereocenters. The molecule has 2 amide bonds. The molecule has 0 saturated carbocycles. The number of aromatic nitrogens is 4. The van der Waals surface area contributed by atoms with E-state index in [9.17, 15) is 63.9 Å². The van der Waals surface area contributed by atoms with Crippen LogP contribution in [0.5, 0.6) is 0 Å². The summed E-state index contributed by atoms with van der Waals surface area (Å²) >= 11 is 0. The van der Waals surface area contributed by atoms with Gasteiger partial charge in [-0.3, -0.25) is 62.9 Å². The van der Waals surface area contributed by atoms with E-state index in [1.54, 1.807) is 27.1 Å². The standard InChI is InChI=1S/C46H76N12O13/c1-2-3-6-12-51-46(71)35(9-5-8-15-56(27-38-48-13-16-57(38)33-44(67)68)28-39-49-14-17-58(39)34-45(69)70)26-37(59)36(47)10-4-7-11-50-40(60)29-52-18-20-53(30-41(61)62)22-24-55(32-43(65)66)25-23-54(21-19-52)31-42(63)64/h13-14,16-17,35-36H,2-12,15,18-34,47H2,1H3,(H,50,60)(H,51,71)(H,61,62)(H,63,64)(H,65,66)(H,67,68)(H,69,70)/t35-,36+/m1/s1. The lowest BCUT2D eigenvalue weighted by molar-refractivity contribution is -0.140. The number of carboxylic acids is 5. The minimum Gasteiger partial charge on any atom is -0.480 e. The van der Waals surface area contributed by atoms with Crippen LogP contribution in [-0.2, 0) is 64.5 Å². The highest BCUT2D eigenvalue weighted by molar-refractivity contribution is 5.89. The van der Waals surface area contributed by atoms with E-state index in [1.807, 2.05) is 9.80 Å². The van der Waals surface area contributed by atoms with E-state index in [1.165, 1.54) is 21.5 Å². The summed E-state index contributed by atoms with van der Waals surface area (Å²) in [5, 5.41) is 53.1. The molecule has 2 aromatic rings. The summed E-state index contributed by atoms with van der Waals surface area (Å²) < 4.78 is 3.05. The van der Waals surface area contributed by atoms with Gasteiger partial charge in [0.05, 0.1) is 45.3 Å². The number of ketones is 1. The Balaban J connectivity index is 1.55. The second kappa shape index (κ2) is 32.9. The maximum absolute atomic E-state index is 13.5. The summed E-state index contributed by atoms with van der Waals surface area (Å²) in [4.78, 5) is 115. The number of Topliss-reactive ketones (excluding diaryl/α,β-unsaturated/α-hetero) is 1. The van der Waals surface area contributed by atoms with E-state index in [0.29, 0.717) is 82.9 Å².